The minimum atomic E-state index is -0.880. The molecule has 0 spiro atoms. The highest BCUT2D eigenvalue weighted by atomic mass is 16.1. The lowest BCUT2D eigenvalue weighted by Gasteiger charge is -2.51. The molecule has 2 unspecified atom stereocenters. The molecule has 116 valence electrons. The normalized spacial score (nSPS) is 34.7. The van der Waals surface area contributed by atoms with Gasteiger partial charge in [0.2, 0.25) is 0 Å². The van der Waals surface area contributed by atoms with Crippen LogP contribution in [0.5, 0.6) is 0 Å². The van der Waals surface area contributed by atoms with Crippen LogP contribution in [0.1, 0.15) is 27.7 Å². The smallest absolute Gasteiger partial charge is 0.182 e. The molecule has 2 atom stereocenters. The van der Waals surface area contributed by atoms with Crippen LogP contribution in [0.3, 0.4) is 0 Å². The Labute approximate surface area is 136 Å². The Hall–Kier alpha value is -2.47. The zero-order valence-corrected chi connectivity index (χ0v) is 13.9. The van der Waals surface area contributed by atoms with Crippen LogP contribution in [-0.2, 0) is 9.59 Å². The second kappa shape index (κ2) is 4.29. The molecular weight excluding hydrogens is 286 g/mol. The fourth-order valence-corrected chi connectivity index (χ4v) is 4.11. The first kappa shape index (κ1) is 15.4. The molecule has 0 N–H and O–H groups in total. The second-order valence-corrected chi connectivity index (χ2v) is 7.42. The minimum absolute atomic E-state index is 0.0327. The van der Waals surface area contributed by atoms with Gasteiger partial charge < -0.3 is 0 Å². The Morgan fingerprint density at radius 1 is 1.04 bits per heavy atom. The van der Waals surface area contributed by atoms with Crippen LogP contribution in [0.25, 0.3) is 0 Å². The summed E-state index contributed by atoms with van der Waals surface area (Å²) in [6.45, 7) is 11.4. The number of rotatable bonds is 0. The molecule has 0 saturated heterocycles. The van der Waals surface area contributed by atoms with Crippen molar-refractivity contribution in [2.45, 2.75) is 27.7 Å². The first-order chi connectivity index (χ1) is 10.6. The van der Waals surface area contributed by atoms with E-state index >= 15 is 0 Å². The van der Waals surface area contributed by atoms with Crippen molar-refractivity contribution >= 4 is 11.6 Å². The van der Waals surface area contributed by atoms with Crippen molar-refractivity contribution in [2.75, 3.05) is 0 Å². The molecule has 0 saturated carbocycles. The van der Waals surface area contributed by atoms with Gasteiger partial charge in [0.25, 0.3) is 0 Å². The van der Waals surface area contributed by atoms with Crippen molar-refractivity contribution in [3.05, 3.63) is 59.3 Å². The molecule has 0 fully saturated rings. The van der Waals surface area contributed by atoms with Gasteiger partial charge in [-0.2, -0.15) is 5.26 Å². The van der Waals surface area contributed by atoms with Gasteiger partial charge in [-0.3, -0.25) is 9.59 Å². The van der Waals surface area contributed by atoms with E-state index in [0.29, 0.717) is 0 Å². The van der Waals surface area contributed by atoms with Gasteiger partial charge in [0.05, 0.1) is 16.4 Å². The Morgan fingerprint density at radius 2 is 1.70 bits per heavy atom. The molecule has 3 aliphatic carbocycles. The lowest BCUT2D eigenvalue weighted by Crippen LogP contribution is -2.49. The van der Waals surface area contributed by atoms with Crippen molar-refractivity contribution in [1.82, 2.24) is 0 Å². The third-order valence-electron chi connectivity index (χ3n) is 5.47. The molecule has 23 heavy (non-hydrogen) atoms. The number of Topliss-reactive ketones (excluding diaryl/α,β-unsaturated/α-hetero) is 1. The van der Waals surface area contributed by atoms with E-state index in [1.807, 2.05) is 38.1 Å². The molecule has 3 heteroatoms. The average molecular weight is 305 g/mol. The van der Waals surface area contributed by atoms with E-state index in [2.05, 4.69) is 6.58 Å². The van der Waals surface area contributed by atoms with Crippen LogP contribution >= 0.6 is 0 Å². The van der Waals surface area contributed by atoms with Gasteiger partial charge in [-0.15, -0.1) is 0 Å². The molecule has 0 aliphatic heterocycles. The van der Waals surface area contributed by atoms with E-state index in [1.165, 1.54) is 0 Å². The highest BCUT2D eigenvalue weighted by Crippen LogP contribution is 2.59. The van der Waals surface area contributed by atoms with E-state index in [1.54, 1.807) is 26.0 Å². The van der Waals surface area contributed by atoms with E-state index in [4.69, 9.17) is 0 Å². The van der Waals surface area contributed by atoms with Gasteiger partial charge >= 0.3 is 0 Å². The summed E-state index contributed by atoms with van der Waals surface area (Å²) in [5.41, 5.74) is 0.335. The molecule has 0 amide bonds. The molecule has 0 aromatic rings. The third-order valence-corrected chi connectivity index (χ3v) is 5.47. The Bertz CT molecular complexity index is 841. The molecule has 0 bridgehead atoms. The van der Waals surface area contributed by atoms with Crippen LogP contribution in [0, 0.1) is 27.6 Å². The second-order valence-electron chi connectivity index (χ2n) is 7.42. The summed E-state index contributed by atoms with van der Waals surface area (Å²) in [4.78, 5) is 25.4. The Kier molecular flexibility index (Phi) is 2.88. The van der Waals surface area contributed by atoms with Gasteiger partial charge in [-0.25, -0.2) is 0 Å². The molecule has 0 radical (unpaired) electrons. The lowest BCUT2D eigenvalue weighted by atomic mass is 9.50. The number of carbonyl (C=O) groups is 2. The van der Waals surface area contributed by atoms with Gasteiger partial charge in [-0.1, -0.05) is 24.8 Å². The molecule has 0 heterocycles. The maximum atomic E-state index is 12.8. The fourth-order valence-electron chi connectivity index (χ4n) is 4.11. The minimum Gasteiger partial charge on any atom is -0.294 e. The summed E-state index contributed by atoms with van der Waals surface area (Å²) in [7, 11) is 0. The Morgan fingerprint density at radius 3 is 2.30 bits per heavy atom. The SMILES string of the molecule is C=C1C=CC2(C)C(=O)C=C3C(C)(C)C(=O)C(C#N)=CC3(C)C2=C1. The topological polar surface area (TPSA) is 57.9 Å². The predicted molar refractivity (Wildman–Crippen MR) is 88.2 cm³/mol. The van der Waals surface area contributed by atoms with Gasteiger partial charge in [0, 0.05) is 5.41 Å². The third kappa shape index (κ3) is 1.75. The summed E-state index contributed by atoms with van der Waals surface area (Å²) >= 11 is 0. The van der Waals surface area contributed by atoms with Crippen molar-refractivity contribution in [3.63, 3.8) is 0 Å². The highest BCUT2D eigenvalue weighted by molar-refractivity contribution is 6.10. The van der Waals surface area contributed by atoms with Gasteiger partial charge in [0.1, 0.15) is 6.07 Å². The fraction of sp³-hybridized carbons (Fsp3) is 0.350. The summed E-state index contributed by atoms with van der Waals surface area (Å²) in [6, 6.07) is 2.03. The van der Waals surface area contributed by atoms with E-state index in [9.17, 15) is 14.9 Å². The average Bonchev–Trinajstić information content (AvgIpc) is 2.49. The van der Waals surface area contributed by atoms with Gasteiger partial charge in [-0.05, 0) is 56.6 Å². The highest BCUT2D eigenvalue weighted by Gasteiger charge is 2.56. The maximum Gasteiger partial charge on any atom is 0.182 e. The number of hydrogen-bond acceptors (Lipinski definition) is 3. The number of hydrogen-bond donors (Lipinski definition) is 0. The van der Waals surface area contributed by atoms with E-state index < -0.39 is 16.2 Å². The molecule has 0 aromatic heterocycles. The summed E-state index contributed by atoms with van der Waals surface area (Å²) < 4.78 is 0. The number of ketones is 2. The number of carbonyl (C=O) groups excluding carboxylic acids is 2. The van der Waals surface area contributed by atoms with Crippen LogP contribution in [-0.4, -0.2) is 11.6 Å². The van der Waals surface area contributed by atoms with Crippen molar-refractivity contribution in [2.24, 2.45) is 16.2 Å². The number of nitriles is 1. The van der Waals surface area contributed by atoms with Crippen LogP contribution < -0.4 is 0 Å². The summed E-state index contributed by atoms with van der Waals surface area (Å²) in [6.07, 6.45) is 8.96. The molecular formula is C20H19NO2. The molecule has 0 aromatic carbocycles. The first-order valence-corrected chi connectivity index (χ1v) is 7.63. The van der Waals surface area contributed by atoms with Crippen LogP contribution in [0.4, 0.5) is 0 Å². The quantitative estimate of drug-likeness (QED) is 0.687. The van der Waals surface area contributed by atoms with Crippen molar-refractivity contribution < 1.29 is 9.59 Å². The molecule has 3 nitrogen and oxygen atoms in total. The van der Waals surface area contributed by atoms with E-state index in [-0.39, 0.29) is 17.1 Å². The lowest BCUT2D eigenvalue weighted by molar-refractivity contribution is -0.123. The zero-order chi connectivity index (χ0) is 17.2. The standard InChI is InChI=1S/C20H19NO2/c1-12-6-7-19(4)15(8-12)20(5)10-13(11-21)17(23)18(2,3)14(20)9-16(19)22/h6-10H,1H2,2-5H3. The number of nitrogens with zero attached hydrogens (tertiary/aromatic N) is 1. The molecule has 3 aliphatic rings. The van der Waals surface area contributed by atoms with Crippen LogP contribution in [0.2, 0.25) is 0 Å². The monoisotopic (exact) mass is 305 g/mol. The number of allylic oxidation sites excluding steroid dienone is 9. The van der Waals surface area contributed by atoms with Crippen molar-refractivity contribution in [1.29, 1.82) is 5.26 Å². The Balaban J connectivity index is 2.41. The summed E-state index contributed by atoms with van der Waals surface area (Å²) in [5.74, 6) is -0.263. The summed E-state index contributed by atoms with van der Waals surface area (Å²) in [5, 5.41) is 9.39. The van der Waals surface area contributed by atoms with Crippen molar-refractivity contribution in [3.8, 4) is 6.07 Å². The number of fused-ring (bicyclic) bond motifs is 3. The maximum absolute atomic E-state index is 12.8. The van der Waals surface area contributed by atoms with Gasteiger partial charge in [0.15, 0.2) is 11.6 Å². The first-order valence-electron chi connectivity index (χ1n) is 7.63. The van der Waals surface area contributed by atoms with Crippen LogP contribution in [0.15, 0.2) is 59.3 Å². The van der Waals surface area contributed by atoms with E-state index in [0.717, 1.165) is 16.7 Å². The largest absolute Gasteiger partial charge is 0.294 e. The molecule has 3 rings (SSSR count). The predicted octanol–water partition coefficient (Wildman–Crippen LogP) is 3.62. The zero-order valence-electron chi connectivity index (χ0n) is 13.9.